The van der Waals surface area contributed by atoms with E-state index >= 15 is 0 Å². The first-order chi connectivity index (χ1) is 21.6. The number of carbonyl (C=O) groups is 1. The summed E-state index contributed by atoms with van der Waals surface area (Å²) in [6.45, 7) is 6.39. The van der Waals surface area contributed by atoms with Gasteiger partial charge >= 0.3 is 16.3 Å². The van der Waals surface area contributed by atoms with Crippen LogP contribution in [0, 0.1) is 6.92 Å². The smallest absolute Gasteiger partial charge is 0.386 e. The molecule has 45 heavy (non-hydrogen) atoms. The number of esters is 1. The van der Waals surface area contributed by atoms with Gasteiger partial charge in [-0.1, -0.05) is 17.3 Å². The monoisotopic (exact) mass is 638 g/mol. The molecule has 1 aliphatic heterocycles. The highest BCUT2D eigenvalue weighted by molar-refractivity contribution is 7.84. The number of unbranched alkanes of at least 4 members (excludes halogenated alkanes) is 1. The average Bonchev–Trinajstić information content (AvgIpc) is 3.43. The summed E-state index contributed by atoms with van der Waals surface area (Å²) in [5, 5.41) is 27.9. The van der Waals surface area contributed by atoms with Crippen LogP contribution in [-0.2, 0) is 32.9 Å². The number of hydrogen-bond donors (Lipinski definition) is 2. The van der Waals surface area contributed by atoms with Crippen molar-refractivity contribution in [3.63, 3.8) is 0 Å². The summed E-state index contributed by atoms with van der Waals surface area (Å²) < 4.78 is 46.0. The van der Waals surface area contributed by atoms with Crippen molar-refractivity contribution >= 4 is 27.3 Å². The van der Waals surface area contributed by atoms with Gasteiger partial charge in [0.05, 0.1) is 31.7 Å². The van der Waals surface area contributed by atoms with Crippen molar-refractivity contribution < 1.29 is 37.1 Å². The molecule has 0 bridgehead atoms. The zero-order valence-electron chi connectivity index (χ0n) is 25.8. The lowest BCUT2D eigenvalue weighted by atomic mass is 9.84. The Bertz CT molecular complexity index is 1810. The van der Waals surface area contributed by atoms with Crippen LogP contribution in [0.3, 0.4) is 0 Å². The molecular formula is C32H38N4O8S. The minimum atomic E-state index is -4.18. The van der Waals surface area contributed by atoms with Gasteiger partial charge in [0.2, 0.25) is 0 Å². The predicted octanol–water partition coefficient (Wildman–Crippen LogP) is 4.51. The number of aromatic hydroxyl groups is 1. The van der Waals surface area contributed by atoms with Crippen molar-refractivity contribution in [1.82, 2.24) is 19.3 Å². The second-order valence-corrected chi connectivity index (χ2v) is 12.5. The maximum absolute atomic E-state index is 13.3. The molecule has 0 spiro atoms. The van der Waals surface area contributed by atoms with E-state index in [1.807, 2.05) is 35.9 Å². The molecule has 0 amide bonds. The van der Waals surface area contributed by atoms with Crippen LogP contribution in [0.4, 0.5) is 0 Å². The number of rotatable bonds is 12. The first-order valence-corrected chi connectivity index (χ1v) is 16.2. The fraction of sp³-hybridized carbons (Fsp3) is 0.406. The van der Waals surface area contributed by atoms with Crippen LogP contribution in [0.1, 0.15) is 72.9 Å². The summed E-state index contributed by atoms with van der Waals surface area (Å²) in [6.07, 6.45) is 1.47. The molecule has 0 radical (unpaired) electrons. The SMILES string of the molecule is CCOC(=O)CC(c1ccc(OC)c([C@H](C)N2Cc3cc(O)ccc3OS2(=O)=O)c1)c1ccc2c(nnn2CCCCO)c1C. The first-order valence-electron chi connectivity index (χ1n) is 14.9. The molecule has 4 aromatic rings. The summed E-state index contributed by atoms with van der Waals surface area (Å²) >= 11 is 0. The number of ether oxygens (including phenoxy) is 2. The lowest BCUT2D eigenvalue weighted by Crippen LogP contribution is -2.39. The van der Waals surface area contributed by atoms with E-state index in [2.05, 4.69) is 10.3 Å². The highest BCUT2D eigenvalue weighted by Crippen LogP contribution is 2.41. The molecule has 0 aliphatic carbocycles. The third-order valence-electron chi connectivity index (χ3n) is 8.20. The molecule has 5 rings (SSSR count). The number of nitrogens with zero attached hydrogens (tertiary/aromatic N) is 4. The number of phenolic OH excluding ortho intramolecular Hbond substituents is 1. The first kappa shape index (κ1) is 32.2. The third-order valence-corrected chi connectivity index (χ3v) is 9.61. The van der Waals surface area contributed by atoms with Crippen LogP contribution in [-0.4, -0.2) is 64.2 Å². The Hall–Kier alpha value is -4.20. The number of methoxy groups -OCH3 is 1. The van der Waals surface area contributed by atoms with E-state index in [0.717, 1.165) is 28.6 Å². The fourth-order valence-corrected chi connectivity index (χ4v) is 7.14. The molecule has 1 unspecified atom stereocenters. The molecule has 240 valence electrons. The Morgan fingerprint density at radius 3 is 2.64 bits per heavy atom. The third kappa shape index (κ3) is 6.60. The molecule has 3 aromatic carbocycles. The Kier molecular flexibility index (Phi) is 9.61. The second kappa shape index (κ2) is 13.4. The number of fused-ring (bicyclic) bond motifs is 2. The number of carbonyl (C=O) groups excluding carboxylic acids is 1. The largest absolute Gasteiger partial charge is 0.508 e. The standard InChI is InChI=1S/C32H38N4O8S/c1-5-43-31(39)18-27(25-10-11-28-32(20(25)2)33-34-35(28)14-6-7-15-37)22-8-12-30(42-4)26(17-22)21(3)36-19-23-16-24(38)9-13-29(23)44-45(36,40)41/h8-13,16-17,21,27,37-38H,5-7,14-15,18-19H2,1-4H3/t21-,27?/m0/s1. The molecule has 1 aromatic heterocycles. The number of aliphatic hydroxyl groups excluding tert-OH is 1. The second-order valence-electron chi connectivity index (χ2n) is 11.0. The van der Waals surface area contributed by atoms with Crippen molar-refractivity contribution in [2.45, 2.75) is 65.1 Å². The molecule has 1 aliphatic rings. The average molecular weight is 639 g/mol. The molecule has 0 saturated heterocycles. The number of aliphatic hydroxyl groups is 1. The van der Waals surface area contributed by atoms with E-state index in [-0.39, 0.29) is 43.6 Å². The van der Waals surface area contributed by atoms with Crippen LogP contribution < -0.4 is 8.92 Å². The Labute approximate surface area is 262 Å². The van der Waals surface area contributed by atoms with E-state index in [1.54, 1.807) is 19.9 Å². The van der Waals surface area contributed by atoms with Crippen molar-refractivity contribution in [2.75, 3.05) is 20.3 Å². The van der Waals surface area contributed by atoms with Gasteiger partial charge in [-0.2, -0.15) is 12.7 Å². The van der Waals surface area contributed by atoms with Crippen LogP contribution in [0.15, 0.2) is 48.5 Å². The number of benzene rings is 3. The molecule has 2 atom stereocenters. The van der Waals surface area contributed by atoms with Crippen LogP contribution in [0.5, 0.6) is 17.2 Å². The lowest BCUT2D eigenvalue weighted by molar-refractivity contribution is -0.143. The number of hydrogen-bond acceptors (Lipinski definition) is 10. The predicted molar refractivity (Wildman–Crippen MR) is 166 cm³/mol. The maximum Gasteiger partial charge on any atom is 0.386 e. The fourth-order valence-electron chi connectivity index (χ4n) is 5.85. The van der Waals surface area contributed by atoms with Gasteiger partial charge in [-0.25, -0.2) is 4.68 Å². The minimum absolute atomic E-state index is 0.00293. The van der Waals surface area contributed by atoms with E-state index in [1.165, 1.54) is 29.6 Å². The minimum Gasteiger partial charge on any atom is -0.508 e. The molecule has 2 heterocycles. The van der Waals surface area contributed by atoms with Crippen molar-refractivity contribution in [1.29, 1.82) is 0 Å². The van der Waals surface area contributed by atoms with Gasteiger partial charge in [-0.05, 0) is 86.7 Å². The van der Waals surface area contributed by atoms with Crippen LogP contribution >= 0.6 is 0 Å². The summed E-state index contributed by atoms with van der Waals surface area (Å²) in [7, 11) is -2.67. The Morgan fingerprint density at radius 2 is 1.91 bits per heavy atom. The van der Waals surface area contributed by atoms with E-state index in [0.29, 0.717) is 35.4 Å². The summed E-state index contributed by atoms with van der Waals surface area (Å²) in [5.41, 5.74) is 5.16. The maximum atomic E-state index is 13.3. The molecule has 12 nitrogen and oxygen atoms in total. The molecule has 0 fully saturated rings. The van der Waals surface area contributed by atoms with Crippen molar-refractivity contribution in [2.24, 2.45) is 0 Å². The van der Waals surface area contributed by atoms with E-state index in [4.69, 9.17) is 18.8 Å². The van der Waals surface area contributed by atoms with Crippen LogP contribution in [0.2, 0.25) is 0 Å². The van der Waals surface area contributed by atoms with Crippen molar-refractivity contribution in [3.05, 3.63) is 76.3 Å². The highest BCUT2D eigenvalue weighted by atomic mass is 32.2. The highest BCUT2D eigenvalue weighted by Gasteiger charge is 2.37. The summed E-state index contributed by atoms with van der Waals surface area (Å²) in [6, 6.07) is 12.9. The summed E-state index contributed by atoms with van der Waals surface area (Å²) in [5.74, 6) is -0.179. The quantitative estimate of drug-likeness (QED) is 0.167. The van der Waals surface area contributed by atoms with E-state index in [9.17, 15) is 18.3 Å². The van der Waals surface area contributed by atoms with Gasteiger partial charge in [-0.15, -0.1) is 5.10 Å². The summed E-state index contributed by atoms with van der Waals surface area (Å²) in [4.78, 5) is 12.9. The number of aryl methyl sites for hydroxylation is 2. The zero-order valence-corrected chi connectivity index (χ0v) is 26.6. The van der Waals surface area contributed by atoms with Gasteiger partial charge in [0, 0.05) is 36.7 Å². The Morgan fingerprint density at radius 1 is 1.11 bits per heavy atom. The molecule has 2 N–H and O–H groups in total. The Balaban J connectivity index is 1.56. The van der Waals surface area contributed by atoms with Gasteiger partial charge in [0.1, 0.15) is 22.8 Å². The topological polar surface area (TPSA) is 153 Å². The van der Waals surface area contributed by atoms with Gasteiger partial charge in [0.25, 0.3) is 0 Å². The van der Waals surface area contributed by atoms with Gasteiger partial charge in [-0.3, -0.25) is 4.79 Å². The molecule has 0 saturated carbocycles. The zero-order chi connectivity index (χ0) is 32.3. The lowest BCUT2D eigenvalue weighted by Gasteiger charge is -2.33. The number of phenols is 1. The molecular weight excluding hydrogens is 600 g/mol. The normalized spacial score (nSPS) is 15.7. The number of aromatic nitrogens is 3. The molecule has 13 heteroatoms. The van der Waals surface area contributed by atoms with Gasteiger partial charge < -0.3 is 23.9 Å². The van der Waals surface area contributed by atoms with Crippen LogP contribution in [0.25, 0.3) is 11.0 Å². The van der Waals surface area contributed by atoms with E-state index < -0.39 is 22.3 Å². The van der Waals surface area contributed by atoms with Gasteiger partial charge in [0.15, 0.2) is 0 Å². The van der Waals surface area contributed by atoms with Crippen molar-refractivity contribution in [3.8, 4) is 17.2 Å².